The zero-order chi connectivity index (χ0) is 14.7. The number of rotatable bonds is 3. The number of nitro benzene ring substituents is 1. The van der Waals surface area contributed by atoms with Crippen molar-refractivity contribution < 1.29 is 9.66 Å². The van der Waals surface area contributed by atoms with Gasteiger partial charge in [0.05, 0.1) is 21.0 Å². The molecule has 0 spiro atoms. The highest BCUT2D eigenvalue weighted by Gasteiger charge is 2.18. The maximum Gasteiger partial charge on any atom is 0.311 e. The number of hydrogen-bond donors (Lipinski definition) is 0. The Kier molecular flexibility index (Phi) is 4.01. The van der Waals surface area contributed by atoms with E-state index in [2.05, 4.69) is 15.9 Å². The normalized spacial score (nSPS) is 9.85. The number of para-hydroxylation sites is 1. The molecule has 0 radical (unpaired) electrons. The molecule has 0 amide bonds. The second-order valence-electron chi connectivity index (χ2n) is 4.04. The van der Waals surface area contributed by atoms with Crippen molar-refractivity contribution in [2.75, 3.05) is 0 Å². The Bertz CT molecular complexity index is 723. The molecule has 0 aliphatic rings. The highest BCUT2D eigenvalue weighted by molar-refractivity contribution is 9.10. The number of ether oxygens (including phenoxy) is 1. The van der Waals surface area contributed by atoms with E-state index in [1.54, 1.807) is 37.3 Å². The van der Waals surface area contributed by atoms with Gasteiger partial charge in [0.1, 0.15) is 5.75 Å². The molecule has 0 heterocycles. The fraction of sp³-hybridized carbons (Fsp3) is 0.0714. The van der Waals surface area contributed by atoms with E-state index in [0.29, 0.717) is 21.3 Å². The van der Waals surface area contributed by atoms with Gasteiger partial charge in [0.15, 0.2) is 0 Å². The van der Waals surface area contributed by atoms with E-state index in [9.17, 15) is 10.1 Å². The number of halogens is 1. The van der Waals surface area contributed by atoms with Crippen LogP contribution >= 0.6 is 15.9 Å². The molecular weight excluding hydrogens is 324 g/mol. The fourth-order valence-electron chi connectivity index (χ4n) is 1.68. The largest absolute Gasteiger partial charge is 0.449 e. The number of hydrogen-bond acceptors (Lipinski definition) is 4. The van der Waals surface area contributed by atoms with Gasteiger partial charge in [-0.15, -0.1) is 0 Å². The Morgan fingerprint density at radius 1 is 1.35 bits per heavy atom. The fourth-order valence-corrected chi connectivity index (χ4v) is 2.14. The van der Waals surface area contributed by atoms with Gasteiger partial charge in [0.2, 0.25) is 5.75 Å². The Morgan fingerprint density at radius 3 is 2.70 bits per heavy atom. The predicted molar refractivity (Wildman–Crippen MR) is 76.8 cm³/mol. The second-order valence-corrected chi connectivity index (χ2v) is 4.89. The molecule has 5 nitrogen and oxygen atoms in total. The van der Waals surface area contributed by atoms with E-state index < -0.39 is 4.92 Å². The first kappa shape index (κ1) is 14.0. The van der Waals surface area contributed by atoms with Crippen LogP contribution in [0.25, 0.3) is 0 Å². The molecule has 0 aliphatic heterocycles. The molecule has 0 aromatic heterocycles. The van der Waals surface area contributed by atoms with Crippen LogP contribution in [0.2, 0.25) is 0 Å². The van der Waals surface area contributed by atoms with Gasteiger partial charge in [0, 0.05) is 6.07 Å². The van der Waals surface area contributed by atoms with Gasteiger partial charge in [-0.1, -0.05) is 12.1 Å². The molecule has 0 unspecified atom stereocenters. The standard InChI is InChI=1S/C14H9BrN2O3/c1-9-3-2-4-12(17(18)19)14(9)20-13-6-5-10(8-16)7-11(13)15/h2-7H,1H3. The lowest BCUT2D eigenvalue weighted by molar-refractivity contribution is -0.385. The number of nitriles is 1. The smallest absolute Gasteiger partial charge is 0.311 e. The maximum absolute atomic E-state index is 11.0. The van der Waals surface area contributed by atoms with Gasteiger partial charge in [-0.2, -0.15) is 5.26 Å². The van der Waals surface area contributed by atoms with Crippen molar-refractivity contribution in [3.63, 3.8) is 0 Å². The van der Waals surface area contributed by atoms with E-state index in [4.69, 9.17) is 10.00 Å². The summed E-state index contributed by atoms with van der Waals surface area (Å²) in [5, 5.41) is 19.8. The second kappa shape index (κ2) is 5.72. The van der Waals surface area contributed by atoms with Gasteiger partial charge >= 0.3 is 5.69 Å². The molecule has 2 rings (SSSR count). The molecule has 0 fully saturated rings. The molecule has 20 heavy (non-hydrogen) atoms. The van der Waals surface area contributed by atoms with Crippen molar-refractivity contribution in [1.82, 2.24) is 0 Å². The molecule has 0 saturated carbocycles. The Morgan fingerprint density at radius 2 is 2.10 bits per heavy atom. The predicted octanol–water partition coefficient (Wildman–Crippen LogP) is 4.33. The third-order valence-electron chi connectivity index (χ3n) is 2.66. The van der Waals surface area contributed by atoms with Crippen molar-refractivity contribution in [2.45, 2.75) is 6.92 Å². The van der Waals surface area contributed by atoms with Gasteiger partial charge in [-0.3, -0.25) is 10.1 Å². The minimum Gasteiger partial charge on any atom is -0.449 e. The zero-order valence-corrected chi connectivity index (χ0v) is 12.0. The molecule has 0 saturated heterocycles. The Hall–Kier alpha value is -2.39. The summed E-state index contributed by atoms with van der Waals surface area (Å²) in [4.78, 5) is 10.5. The molecule has 100 valence electrons. The summed E-state index contributed by atoms with van der Waals surface area (Å²) >= 11 is 3.29. The van der Waals surface area contributed by atoms with Crippen molar-refractivity contribution >= 4 is 21.6 Å². The summed E-state index contributed by atoms with van der Waals surface area (Å²) in [5.41, 5.74) is 1.04. The van der Waals surface area contributed by atoms with E-state index >= 15 is 0 Å². The van der Waals surface area contributed by atoms with Gasteiger partial charge in [0.25, 0.3) is 0 Å². The van der Waals surface area contributed by atoms with Crippen LogP contribution in [0.15, 0.2) is 40.9 Å². The van der Waals surface area contributed by atoms with Crippen LogP contribution in [0.4, 0.5) is 5.69 Å². The summed E-state index contributed by atoms with van der Waals surface area (Å²) < 4.78 is 6.20. The first-order valence-corrected chi connectivity index (χ1v) is 6.43. The minimum absolute atomic E-state index is 0.0961. The molecular formula is C14H9BrN2O3. The van der Waals surface area contributed by atoms with E-state index in [1.165, 1.54) is 6.07 Å². The molecule has 0 bridgehead atoms. The molecule has 6 heteroatoms. The van der Waals surface area contributed by atoms with E-state index in [0.717, 1.165) is 0 Å². The van der Waals surface area contributed by atoms with Crippen LogP contribution in [0.5, 0.6) is 11.5 Å². The molecule has 0 atom stereocenters. The zero-order valence-electron chi connectivity index (χ0n) is 10.5. The summed E-state index contributed by atoms with van der Waals surface area (Å²) in [6.45, 7) is 1.74. The molecule has 2 aromatic rings. The van der Waals surface area contributed by atoms with Crippen LogP contribution < -0.4 is 4.74 Å². The lowest BCUT2D eigenvalue weighted by Gasteiger charge is -2.10. The van der Waals surface area contributed by atoms with E-state index in [1.807, 2.05) is 6.07 Å². The molecule has 0 N–H and O–H groups in total. The van der Waals surface area contributed by atoms with Crippen molar-refractivity contribution in [2.24, 2.45) is 0 Å². The molecule has 0 aliphatic carbocycles. The SMILES string of the molecule is Cc1cccc([N+](=O)[O-])c1Oc1ccc(C#N)cc1Br. The number of nitrogens with zero attached hydrogens (tertiary/aromatic N) is 2. The van der Waals surface area contributed by atoms with Crippen molar-refractivity contribution in [3.05, 3.63) is 62.1 Å². The van der Waals surface area contributed by atoms with Crippen LogP contribution in [-0.2, 0) is 0 Å². The van der Waals surface area contributed by atoms with Crippen molar-refractivity contribution in [1.29, 1.82) is 5.26 Å². The third-order valence-corrected chi connectivity index (χ3v) is 3.28. The quantitative estimate of drug-likeness (QED) is 0.619. The minimum atomic E-state index is -0.486. The monoisotopic (exact) mass is 332 g/mol. The molecule has 2 aromatic carbocycles. The van der Waals surface area contributed by atoms with Crippen molar-refractivity contribution in [3.8, 4) is 17.6 Å². The maximum atomic E-state index is 11.0. The number of nitro groups is 1. The number of benzene rings is 2. The lowest BCUT2D eigenvalue weighted by Crippen LogP contribution is -1.96. The van der Waals surface area contributed by atoms with Crippen LogP contribution in [0.3, 0.4) is 0 Å². The highest BCUT2D eigenvalue weighted by Crippen LogP contribution is 2.37. The first-order chi connectivity index (χ1) is 9.52. The topological polar surface area (TPSA) is 76.2 Å². The number of aryl methyl sites for hydroxylation is 1. The van der Waals surface area contributed by atoms with Gasteiger partial charge < -0.3 is 4.74 Å². The van der Waals surface area contributed by atoms with E-state index in [-0.39, 0.29) is 11.4 Å². The van der Waals surface area contributed by atoms with Gasteiger partial charge in [-0.25, -0.2) is 0 Å². The summed E-state index contributed by atoms with van der Waals surface area (Å²) in [6, 6.07) is 11.5. The van der Waals surface area contributed by atoms with Crippen LogP contribution in [-0.4, -0.2) is 4.92 Å². The van der Waals surface area contributed by atoms with Crippen LogP contribution in [0.1, 0.15) is 11.1 Å². The highest BCUT2D eigenvalue weighted by atomic mass is 79.9. The average Bonchev–Trinajstić information content (AvgIpc) is 2.42. The summed E-state index contributed by atoms with van der Waals surface area (Å²) in [7, 11) is 0. The summed E-state index contributed by atoms with van der Waals surface area (Å²) in [6.07, 6.45) is 0. The first-order valence-electron chi connectivity index (χ1n) is 5.64. The van der Waals surface area contributed by atoms with Gasteiger partial charge in [-0.05, 0) is 46.6 Å². The Balaban J connectivity index is 2.45. The average molecular weight is 333 g/mol. The lowest BCUT2D eigenvalue weighted by atomic mass is 10.2. The third kappa shape index (κ3) is 2.78. The summed E-state index contributed by atoms with van der Waals surface area (Å²) in [5.74, 6) is 0.615. The Labute approximate surface area is 123 Å². The van der Waals surface area contributed by atoms with Crippen LogP contribution in [0, 0.1) is 28.4 Å².